The Morgan fingerprint density at radius 3 is 2.65 bits per heavy atom. The van der Waals surface area contributed by atoms with Gasteiger partial charge in [-0.2, -0.15) is 19.8 Å². The predicted octanol–water partition coefficient (Wildman–Crippen LogP) is 2.85. The van der Waals surface area contributed by atoms with Crippen LogP contribution in [0.1, 0.15) is 5.56 Å². The first kappa shape index (κ1) is 12.3. The summed E-state index contributed by atoms with van der Waals surface area (Å²) < 4.78 is 30.1. The van der Waals surface area contributed by atoms with E-state index in [9.17, 15) is 8.42 Å². The molecular weight excluding hydrogens is 256 g/mol. The normalized spacial score (nSPS) is 11.6. The second kappa shape index (κ2) is 5.00. The summed E-state index contributed by atoms with van der Waals surface area (Å²) in [7, 11) is -3.89. The van der Waals surface area contributed by atoms with Crippen molar-refractivity contribution in [3.63, 3.8) is 0 Å². The van der Waals surface area contributed by atoms with Gasteiger partial charge in [-0.05, 0) is 39.9 Å². The molecule has 0 radical (unpaired) electrons. The Balaban J connectivity index is 2.18. The molecule has 1 aromatic heterocycles. The molecule has 0 amide bonds. The van der Waals surface area contributed by atoms with Crippen LogP contribution < -0.4 is 0 Å². The van der Waals surface area contributed by atoms with Crippen LogP contribution >= 0.6 is 11.3 Å². The van der Waals surface area contributed by atoms with Gasteiger partial charge in [-0.1, -0.05) is 24.3 Å². The van der Waals surface area contributed by atoms with Crippen molar-refractivity contribution in [1.82, 2.24) is 0 Å². The lowest BCUT2D eigenvalue weighted by Gasteiger charge is -2.03. The van der Waals surface area contributed by atoms with Gasteiger partial charge in [-0.15, -0.1) is 0 Å². The molecule has 90 valence electrons. The van der Waals surface area contributed by atoms with E-state index in [0.717, 1.165) is 16.7 Å². The third-order valence-corrected chi connectivity index (χ3v) is 3.83. The molecule has 0 bridgehead atoms. The first-order valence-corrected chi connectivity index (χ1v) is 7.66. The van der Waals surface area contributed by atoms with Crippen LogP contribution in [0.4, 0.5) is 0 Å². The lowest BCUT2D eigenvalue weighted by Crippen LogP contribution is -2.06. The van der Waals surface area contributed by atoms with E-state index in [-0.39, 0.29) is 5.75 Å². The second-order valence-corrected chi connectivity index (χ2v) is 6.10. The Labute approximate surface area is 104 Å². The van der Waals surface area contributed by atoms with Gasteiger partial charge >= 0.3 is 0 Å². The molecule has 2 aromatic rings. The van der Waals surface area contributed by atoms with Gasteiger partial charge in [0.25, 0.3) is 10.1 Å². The highest BCUT2D eigenvalue weighted by atomic mass is 32.2. The van der Waals surface area contributed by atoms with Gasteiger partial charge in [0.1, 0.15) is 0 Å². The maximum absolute atomic E-state index is 10.7. The van der Waals surface area contributed by atoms with Crippen LogP contribution in [0.15, 0.2) is 41.1 Å². The van der Waals surface area contributed by atoms with Crippen molar-refractivity contribution in [3.05, 3.63) is 46.7 Å². The minimum Gasteiger partial charge on any atom is -0.286 e. The van der Waals surface area contributed by atoms with Gasteiger partial charge in [-0.25, -0.2) is 0 Å². The third kappa shape index (κ3) is 3.66. The summed E-state index contributed by atoms with van der Waals surface area (Å²) in [6.45, 7) is 0. The maximum Gasteiger partial charge on any atom is 0.265 e. The number of benzene rings is 1. The van der Waals surface area contributed by atoms with Crippen molar-refractivity contribution in [3.8, 4) is 11.1 Å². The number of aryl methyl sites for hydroxylation is 1. The molecule has 0 aliphatic heterocycles. The molecule has 0 saturated carbocycles. The molecule has 1 aromatic carbocycles. The first-order chi connectivity index (χ1) is 8.04. The van der Waals surface area contributed by atoms with Crippen molar-refractivity contribution < 1.29 is 13.0 Å². The summed E-state index contributed by atoms with van der Waals surface area (Å²) in [6.07, 6.45) is 0.330. The smallest absolute Gasteiger partial charge is 0.265 e. The quantitative estimate of drug-likeness (QED) is 0.867. The van der Waals surface area contributed by atoms with E-state index in [1.165, 1.54) is 0 Å². The molecule has 1 N–H and O–H groups in total. The molecule has 0 aliphatic carbocycles. The molecule has 17 heavy (non-hydrogen) atoms. The van der Waals surface area contributed by atoms with Gasteiger partial charge in [0.2, 0.25) is 0 Å². The average molecular weight is 268 g/mol. The van der Waals surface area contributed by atoms with Gasteiger partial charge in [-0.3, -0.25) is 4.55 Å². The highest BCUT2D eigenvalue weighted by Crippen LogP contribution is 2.23. The number of rotatable bonds is 4. The van der Waals surface area contributed by atoms with Crippen LogP contribution in [0, 0.1) is 0 Å². The van der Waals surface area contributed by atoms with Crippen LogP contribution in [0.2, 0.25) is 0 Å². The minimum absolute atomic E-state index is 0.236. The summed E-state index contributed by atoms with van der Waals surface area (Å²) in [6, 6.07) is 9.71. The summed E-state index contributed by atoms with van der Waals surface area (Å²) in [5, 5.41) is 4.04. The van der Waals surface area contributed by atoms with E-state index >= 15 is 0 Å². The van der Waals surface area contributed by atoms with E-state index < -0.39 is 10.1 Å². The van der Waals surface area contributed by atoms with Crippen LogP contribution in [-0.4, -0.2) is 18.7 Å². The molecule has 0 saturated heterocycles. The Morgan fingerprint density at radius 1 is 1.18 bits per heavy atom. The van der Waals surface area contributed by atoms with Crippen LogP contribution in [0.3, 0.4) is 0 Å². The fourth-order valence-electron chi connectivity index (χ4n) is 1.58. The zero-order valence-electron chi connectivity index (χ0n) is 9.04. The third-order valence-electron chi connectivity index (χ3n) is 2.43. The largest absolute Gasteiger partial charge is 0.286 e. The Hall–Kier alpha value is -1.17. The fraction of sp³-hybridized carbons (Fsp3) is 0.167. The molecular formula is C12H12O3S2. The number of hydrogen-bond donors (Lipinski definition) is 1. The summed E-state index contributed by atoms with van der Waals surface area (Å²) in [5.41, 5.74) is 3.11. The second-order valence-electron chi connectivity index (χ2n) is 3.75. The SMILES string of the molecule is O=S(=O)(O)CCc1cccc(-c2ccsc2)c1. The Bertz CT molecular complexity index is 586. The standard InChI is InChI=1S/C12H12O3S2/c13-17(14,15)7-5-10-2-1-3-11(8-10)12-4-6-16-9-12/h1-4,6,8-9H,5,7H2,(H,13,14,15). The van der Waals surface area contributed by atoms with E-state index in [1.807, 2.05) is 41.1 Å². The molecule has 0 atom stereocenters. The van der Waals surface area contributed by atoms with Crippen molar-refractivity contribution in [2.45, 2.75) is 6.42 Å². The fourth-order valence-corrected chi connectivity index (χ4v) is 2.74. The minimum atomic E-state index is -3.89. The first-order valence-electron chi connectivity index (χ1n) is 5.11. The van der Waals surface area contributed by atoms with Crippen molar-refractivity contribution in [1.29, 1.82) is 0 Å². The van der Waals surface area contributed by atoms with E-state index in [2.05, 4.69) is 0 Å². The maximum atomic E-state index is 10.7. The molecule has 5 heteroatoms. The van der Waals surface area contributed by atoms with E-state index in [1.54, 1.807) is 11.3 Å². The van der Waals surface area contributed by atoms with E-state index in [4.69, 9.17) is 4.55 Å². The lowest BCUT2D eigenvalue weighted by molar-refractivity contribution is 0.482. The van der Waals surface area contributed by atoms with Crippen molar-refractivity contribution >= 4 is 21.5 Å². The van der Waals surface area contributed by atoms with Gasteiger partial charge in [0.15, 0.2) is 0 Å². The summed E-state index contributed by atoms with van der Waals surface area (Å²) >= 11 is 1.62. The van der Waals surface area contributed by atoms with Gasteiger partial charge < -0.3 is 0 Å². The van der Waals surface area contributed by atoms with Crippen LogP contribution in [0.25, 0.3) is 11.1 Å². The highest BCUT2D eigenvalue weighted by Gasteiger charge is 2.06. The van der Waals surface area contributed by atoms with Gasteiger partial charge in [0.05, 0.1) is 5.75 Å². The topological polar surface area (TPSA) is 54.4 Å². The Morgan fingerprint density at radius 2 is 2.00 bits per heavy atom. The molecule has 0 unspecified atom stereocenters. The van der Waals surface area contributed by atoms with Crippen LogP contribution in [-0.2, 0) is 16.5 Å². The van der Waals surface area contributed by atoms with E-state index in [0.29, 0.717) is 6.42 Å². The zero-order chi connectivity index (χ0) is 12.3. The molecule has 2 rings (SSSR count). The van der Waals surface area contributed by atoms with Crippen molar-refractivity contribution in [2.24, 2.45) is 0 Å². The zero-order valence-corrected chi connectivity index (χ0v) is 10.7. The highest BCUT2D eigenvalue weighted by molar-refractivity contribution is 7.85. The van der Waals surface area contributed by atoms with Gasteiger partial charge in [0, 0.05) is 0 Å². The molecule has 0 aliphatic rings. The lowest BCUT2D eigenvalue weighted by atomic mass is 10.0. The number of hydrogen-bond acceptors (Lipinski definition) is 3. The predicted molar refractivity (Wildman–Crippen MR) is 69.9 cm³/mol. The van der Waals surface area contributed by atoms with Crippen LogP contribution in [0.5, 0.6) is 0 Å². The molecule has 1 heterocycles. The molecule has 0 spiro atoms. The Kier molecular flexibility index (Phi) is 3.61. The monoisotopic (exact) mass is 268 g/mol. The molecule has 3 nitrogen and oxygen atoms in total. The summed E-state index contributed by atoms with van der Waals surface area (Å²) in [5.74, 6) is -0.236. The number of thiophene rings is 1. The molecule has 0 fully saturated rings. The van der Waals surface area contributed by atoms with Crippen molar-refractivity contribution in [2.75, 3.05) is 5.75 Å². The average Bonchev–Trinajstić information content (AvgIpc) is 2.79. The summed E-state index contributed by atoms with van der Waals surface area (Å²) in [4.78, 5) is 0.